The van der Waals surface area contributed by atoms with Gasteiger partial charge in [0.2, 0.25) is 0 Å². The van der Waals surface area contributed by atoms with Gasteiger partial charge in [0.1, 0.15) is 0 Å². The van der Waals surface area contributed by atoms with Crippen molar-refractivity contribution in [1.82, 2.24) is 14.7 Å². The maximum atomic E-state index is 13.9. The Bertz CT molecular complexity index is 683. The molecule has 7 heteroatoms. The van der Waals surface area contributed by atoms with E-state index < -0.39 is 17.5 Å². The van der Waals surface area contributed by atoms with Crippen LogP contribution in [0.3, 0.4) is 0 Å². The molecule has 0 bridgehead atoms. The molecule has 0 saturated heterocycles. The van der Waals surface area contributed by atoms with Crippen molar-refractivity contribution in [3.63, 3.8) is 0 Å². The van der Waals surface area contributed by atoms with Gasteiger partial charge in [-0.05, 0) is 11.6 Å². The summed E-state index contributed by atoms with van der Waals surface area (Å²) in [5.74, 6) is -3.71. The molecule has 1 aromatic heterocycles. The first-order chi connectivity index (χ1) is 10.0. The van der Waals surface area contributed by atoms with E-state index in [-0.39, 0.29) is 24.7 Å². The molecule has 1 aliphatic rings. The largest absolute Gasteiger partial charge is 0.329 e. The number of rotatable bonds is 3. The van der Waals surface area contributed by atoms with E-state index in [0.717, 1.165) is 11.6 Å². The Balaban J connectivity index is 1.94. The summed E-state index contributed by atoms with van der Waals surface area (Å²) in [6.45, 7) is 0.903. The zero-order valence-corrected chi connectivity index (χ0v) is 11.5. The van der Waals surface area contributed by atoms with E-state index in [1.807, 2.05) is 11.1 Å². The van der Waals surface area contributed by atoms with Crippen LogP contribution in [0.15, 0.2) is 18.5 Å². The van der Waals surface area contributed by atoms with Gasteiger partial charge in [0.05, 0.1) is 6.20 Å². The van der Waals surface area contributed by atoms with Crippen molar-refractivity contribution in [2.75, 3.05) is 6.54 Å². The van der Waals surface area contributed by atoms with Gasteiger partial charge in [-0.25, -0.2) is 13.2 Å². The minimum absolute atomic E-state index is 0.188. The molecule has 0 radical (unpaired) electrons. The molecule has 0 amide bonds. The molecule has 0 spiro atoms. The molecule has 1 aliphatic heterocycles. The van der Waals surface area contributed by atoms with Crippen LogP contribution in [-0.4, -0.2) is 21.2 Å². The summed E-state index contributed by atoms with van der Waals surface area (Å²) in [6.07, 6.45) is 3.54. The Labute approximate surface area is 120 Å². The third-order valence-electron chi connectivity index (χ3n) is 3.83. The van der Waals surface area contributed by atoms with E-state index in [2.05, 4.69) is 5.10 Å². The van der Waals surface area contributed by atoms with Crippen molar-refractivity contribution in [2.45, 2.75) is 19.1 Å². The first-order valence-corrected chi connectivity index (χ1v) is 6.59. The summed E-state index contributed by atoms with van der Waals surface area (Å²) in [4.78, 5) is 1.89. The SMILES string of the molecule is Cn1cc(CN2Cc3c(cc(F)c(F)c3F)C2CN)cn1. The van der Waals surface area contributed by atoms with Crippen LogP contribution >= 0.6 is 0 Å². The summed E-state index contributed by atoms with van der Waals surface area (Å²) < 4.78 is 42.3. The van der Waals surface area contributed by atoms with E-state index in [9.17, 15) is 13.2 Å². The molecular formula is C14H15F3N4. The fourth-order valence-corrected chi connectivity index (χ4v) is 2.85. The van der Waals surface area contributed by atoms with E-state index in [4.69, 9.17) is 5.73 Å². The van der Waals surface area contributed by atoms with Crippen LogP contribution in [0.25, 0.3) is 0 Å². The van der Waals surface area contributed by atoms with Gasteiger partial charge >= 0.3 is 0 Å². The highest BCUT2D eigenvalue weighted by Crippen LogP contribution is 2.37. The Morgan fingerprint density at radius 1 is 1.33 bits per heavy atom. The third-order valence-corrected chi connectivity index (χ3v) is 3.83. The second kappa shape index (κ2) is 5.16. The van der Waals surface area contributed by atoms with Crippen molar-refractivity contribution in [3.05, 3.63) is 52.6 Å². The van der Waals surface area contributed by atoms with Crippen molar-refractivity contribution in [2.24, 2.45) is 12.8 Å². The minimum atomic E-state index is -1.42. The monoisotopic (exact) mass is 296 g/mol. The zero-order chi connectivity index (χ0) is 15.1. The number of halogens is 3. The van der Waals surface area contributed by atoms with Crippen LogP contribution < -0.4 is 5.73 Å². The number of nitrogens with zero attached hydrogens (tertiary/aromatic N) is 3. The predicted octanol–water partition coefficient (Wildman–Crippen LogP) is 1.85. The molecule has 4 nitrogen and oxygen atoms in total. The maximum absolute atomic E-state index is 13.9. The van der Waals surface area contributed by atoms with Crippen LogP contribution in [0.5, 0.6) is 0 Å². The highest BCUT2D eigenvalue weighted by molar-refractivity contribution is 5.37. The average molecular weight is 296 g/mol. The Hall–Kier alpha value is -1.86. The number of benzene rings is 1. The first-order valence-electron chi connectivity index (χ1n) is 6.59. The number of hydrogen-bond donors (Lipinski definition) is 1. The molecule has 2 heterocycles. The molecule has 1 atom stereocenters. The van der Waals surface area contributed by atoms with Gasteiger partial charge < -0.3 is 5.73 Å². The van der Waals surface area contributed by atoms with Crippen LogP contribution in [-0.2, 0) is 20.1 Å². The first kappa shape index (κ1) is 14.1. The minimum Gasteiger partial charge on any atom is -0.329 e. The molecule has 3 rings (SSSR count). The second-order valence-corrected chi connectivity index (χ2v) is 5.23. The van der Waals surface area contributed by atoms with Gasteiger partial charge in [-0.2, -0.15) is 5.10 Å². The molecule has 2 N–H and O–H groups in total. The molecule has 1 aromatic carbocycles. The summed E-state index contributed by atoms with van der Waals surface area (Å²) in [6, 6.07) is 0.721. The molecule has 21 heavy (non-hydrogen) atoms. The van der Waals surface area contributed by atoms with Gasteiger partial charge in [0, 0.05) is 50.0 Å². The van der Waals surface area contributed by atoms with Crippen LogP contribution in [0.1, 0.15) is 22.7 Å². The standard InChI is InChI=1S/C14H15F3N4/c1-20-5-8(4-19-20)6-21-7-10-9(12(21)3-18)2-11(15)14(17)13(10)16/h2,4-5,12H,3,6-7,18H2,1H3. The van der Waals surface area contributed by atoms with Gasteiger partial charge in [0.25, 0.3) is 0 Å². The van der Waals surface area contributed by atoms with Gasteiger partial charge in [-0.1, -0.05) is 0 Å². The van der Waals surface area contributed by atoms with Crippen LogP contribution in [0, 0.1) is 17.5 Å². The van der Waals surface area contributed by atoms with Crippen LogP contribution in [0.2, 0.25) is 0 Å². The Kier molecular flexibility index (Phi) is 3.46. The zero-order valence-electron chi connectivity index (χ0n) is 11.5. The molecule has 0 fully saturated rings. The lowest BCUT2D eigenvalue weighted by molar-refractivity contribution is 0.209. The molecule has 0 saturated carbocycles. The quantitative estimate of drug-likeness (QED) is 0.879. The summed E-state index contributed by atoms with van der Waals surface area (Å²) in [5, 5.41) is 4.07. The number of aromatic nitrogens is 2. The summed E-state index contributed by atoms with van der Waals surface area (Å²) in [5.41, 5.74) is 7.29. The average Bonchev–Trinajstić information content (AvgIpc) is 3.00. The lowest BCUT2D eigenvalue weighted by Crippen LogP contribution is -2.27. The molecule has 0 aliphatic carbocycles. The number of hydrogen-bond acceptors (Lipinski definition) is 3. The smallest absolute Gasteiger partial charge is 0.194 e. The Morgan fingerprint density at radius 2 is 2.10 bits per heavy atom. The topological polar surface area (TPSA) is 47.1 Å². The number of aryl methyl sites for hydroxylation is 1. The van der Waals surface area contributed by atoms with E-state index >= 15 is 0 Å². The van der Waals surface area contributed by atoms with E-state index in [1.165, 1.54) is 0 Å². The van der Waals surface area contributed by atoms with Gasteiger partial charge in [0.15, 0.2) is 17.5 Å². The molecular weight excluding hydrogens is 281 g/mol. The van der Waals surface area contributed by atoms with Crippen molar-refractivity contribution >= 4 is 0 Å². The lowest BCUT2D eigenvalue weighted by Gasteiger charge is -2.22. The fourth-order valence-electron chi connectivity index (χ4n) is 2.85. The maximum Gasteiger partial charge on any atom is 0.194 e. The molecule has 1 unspecified atom stereocenters. The summed E-state index contributed by atoms with van der Waals surface area (Å²) in [7, 11) is 1.80. The normalized spacial score (nSPS) is 18.2. The highest BCUT2D eigenvalue weighted by Gasteiger charge is 2.34. The third kappa shape index (κ3) is 2.32. The highest BCUT2D eigenvalue weighted by atomic mass is 19.2. The predicted molar refractivity (Wildman–Crippen MR) is 70.6 cm³/mol. The number of nitrogens with two attached hydrogens (primary N) is 1. The lowest BCUT2D eigenvalue weighted by atomic mass is 10.0. The molecule has 2 aromatic rings. The second-order valence-electron chi connectivity index (χ2n) is 5.23. The van der Waals surface area contributed by atoms with Crippen molar-refractivity contribution in [3.8, 4) is 0 Å². The van der Waals surface area contributed by atoms with Crippen molar-refractivity contribution < 1.29 is 13.2 Å². The fraction of sp³-hybridized carbons (Fsp3) is 0.357. The van der Waals surface area contributed by atoms with E-state index in [1.54, 1.807) is 17.9 Å². The number of fused-ring (bicyclic) bond motifs is 1. The van der Waals surface area contributed by atoms with Gasteiger partial charge in [-0.3, -0.25) is 9.58 Å². The van der Waals surface area contributed by atoms with E-state index in [0.29, 0.717) is 12.1 Å². The van der Waals surface area contributed by atoms with Crippen LogP contribution in [0.4, 0.5) is 13.2 Å². The van der Waals surface area contributed by atoms with Gasteiger partial charge in [-0.15, -0.1) is 0 Å². The summed E-state index contributed by atoms with van der Waals surface area (Å²) >= 11 is 0. The Morgan fingerprint density at radius 3 is 2.71 bits per heavy atom. The van der Waals surface area contributed by atoms with Crippen molar-refractivity contribution in [1.29, 1.82) is 0 Å². The molecule has 112 valence electrons.